The van der Waals surface area contributed by atoms with Crippen LogP contribution in [0.2, 0.25) is 0 Å². The lowest BCUT2D eigenvalue weighted by Gasteiger charge is -1.95. The average molecular weight is 314 g/mol. The highest BCUT2D eigenvalue weighted by Gasteiger charge is 1.97. The molecule has 0 saturated heterocycles. The van der Waals surface area contributed by atoms with Gasteiger partial charge in [-0.15, -0.1) is 0 Å². The zero-order chi connectivity index (χ0) is 13.7. The summed E-state index contributed by atoms with van der Waals surface area (Å²) in [6.07, 6.45) is 0.699. The van der Waals surface area contributed by atoms with E-state index < -0.39 is 5.91 Å². The van der Waals surface area contributed by atoms with E-state index in [0.29, 0.717) is 12.0 Å². The fourth-order valence-electron chi connectivity index (χ4n) is 1.57. The van der Waals surface area contributed by atoms with Crippen molar-refractivity contribution in [2.24, 2.45) is 5.73 Å². The fourth-order valence-corrected chi connectivity index (χ4v) is 1.83. The van der Waals surface area contributed by atoms with E-state index in [4.69, 9.17) is 5.73 Å². The summed E-state index contributed by atoms with van der Waals surface area (Å²) in [6.45, 7) is 0. The number of carbonyl (C=O) groups excluding carboxylic acids is 1. The Bertz CT molecular complexity index is 633. The molecule has 2 rings (SSSR count). The van der Waals surface area contributed by atoms with Gasteiger partial charge in [0, 0.05) is 22.0 Å². The molecule has 3 heteroatoms. The summed E-state index contributed by atoms with van der Waals surface area (Å²) in [5.41, 5.74) is 7.72. The van der Waals surface area contributed by atoms with Gasteiger partial charge in [-0.05, 0) is 42.0 Å². The first-order chi connectivity index (χ1) is 9.15. The van der Waals surface area contributed by atoms with Crippen molar-refractivity contribution >= 4 is 21.8 Å². The van der Waals surface area contributed by atoms with Crippen LogP contribution in [-0.2, 0) is 6.42 Å². The van der Waals surface area contributed by atoms with Crippen molar-refractivity contribution in [3.05, 3.63) is 69.7 Å². The number of nitrogens with two attached hydrogens (primary N) is 1. The van der Waals surface area contributed by atoms with Crippen LogP contribution >= 0.6 is 15.9 Å². The molecule has 2 aromatic rings. The quantitative estimate of drug-likeness (QED) is 0.850. The molecule has 0 unspecified atom stereocenters. The molecule has 19 heavy (non-hydrogen) atoms. The van der Waals surface area contributed by atoms with Gasteiger partial charge in [0.2, 0.25) is 5.91 Å². The third-order valence-corrected chi connectivity index (χ3v) is 3.14. The van der Waals surface area contributed by atoms with E-state index in [1.54, 1.807) is 24.3 Å². The highest BCUT2D eigenvalue weighted by atomic mass is 79.9. The minimum Gasteiger partial charge on any atom is -0.366 e. The molecule has 2 aromatic carbocycles. The summed E-state index contributed by atoms with van der Waals surface area (Å²) in [6, 6.07) is 15.0. The van der Waals surface area contributed by atoms with Gasteiger partial charge in [0.05, 0.1) is 0 Å². The molecular formula is C16H12BrNO. The van der Waals surface area contributed by atoms with E-state index in [2.05, 4.69) is 27.8 Å². The summed E-state index contributed by atoms with van der Waals surface area (Å²) in [5.74, 6) is 5.74. The summed E-state index contributed by atoms with van der Waals surface area (Å²) >= 11 is 3.39. The molecular weight excluding hydrogens is 302 g/mol. The number of benzene rings is 2. The number of hydrogen-bond donors (Lipinski definition) is 1. The summed E-state index contributed by atoms with van der Waals surface area (Å²) in [4.78, 5) is 10.9. The van der Waals surface area contributed by atoms with Crippen molar-refractivity contribution in [2.45, 2.75) is 6.42 Å². The van der Waals surface area contributed by atoms with Crippen LogP contribution in [0.5, 0.6) is 0 Å². The van der Waals surface area contributed by atoms with Crippen LogP contribution in [0.25, 0.3) is 0 Å². The van der Waals surface area contributed by atoms with Gasteiger partial charge in [-0.3, -0.25) is 4.79 Å². The first kappa shape index (κ1) is 13.4. The number of hydrogen-bond acceptors (Lipinski definition) is 1. The van der Waals surface area contributed by atoms with Crippen molar-refractivity contribution in [2.75, 3.05) is 0 Å². The second-order valence-electron chi connectivity index (χ2n) is 4.05. The van der Waals surface area contributed by atoms with E-state index in [9.17, 15) is 4.79 Å². The average Bonchev–Trinajstić information content (AvgIpc) is 2.41. The number of primary amides is 1. The van der Waals surface area contributed by atoms with Gasteiger partial charge in [0.15, 0.2) is 0 Å². The first-order valence-corrected chi connectivity index (χ1v) is 6.57. The van der Waals surface area contributed by atoms with E-state index in [-0.39, 0.29) is 0 Å². The monoisotopic (exact) mass is 313 g/mol. The second kappa shape index (κ2) is 6.21. The molecule has 0 bridgehead atoms. The van der Waals surface area contributed by atoms with Crippen LogP contribution in [0.3, 0.4) is 0 Å². The van der Waals surface area contributed by atoms with E-state index in [1.165, 1.54) is 5.56 Å². The Morgan fingerprint density at radius 3 is 2.26 bits per heavy atom. The van der Waals surface area contributed by atoms with Crippen LogP contribution in [0.4, 0.5) is 0 Å². The molecule has 0 fully saturated rings. The molecule has 0 aliphatic carbocycles. The van der Waals surface area contributed by atoms with Gasteiger partial charge in [-0.2, -0.15) is 0 Å². The normalized spacial score (nSPS) is 9.53. The van der Waals surface area contributed by atoms with Crippen molar-refractivity contribution in [1.82, 2.24) is 0 Å². The van der Waals surface area contributed by atoms with Gasteiger partial charge < -0.3 is 5.73 Å². The molecule has 0 saturated carbocycles. The number of amides is 1. The molecule has 0 aliphatic rings. The molecule has 0 aromatic heterocycles. The zero-order valence-corrected chi connectivity index (χ0v) is 11.8. The lowest BCUT2D eigenvalue weighted by molar-refractivity contribution is 0.100. The minimum atomic E-state index is -0.422. The largest absolute Gasteiger partial charge is 0.366 e. The molecule has 2 N–H and O–H groups in total. The Hall–Kier alpha value is -2.05. The lowest BCUT2D eigenvalue weighted by Crippen LogP contribution is -2.10. The maximum Gasteiger partial charge on any atom is 0.248 e. The van der Waals surface area contributed by atoms with Crippen LogP contribution in [0.1, 0.15) is 21.5 Å². The predicted octanol–water partition coefficient (Wildman–Crippen LogP) is 3.14. The maximum atomic E-state index is 10.9. The third-order valence-electron chi connectivity index (χ3n) is 2.61. The standard InChI is InChI=1S/C16H12BrNO/c17-15-10-6-13(7-11-15)3-1-2-12-4-8-14(9-5-12)16(18)19/h4-11H,3H2,(H2,18,19). The van der Waals surface area contributed by atoms with Gasteiger partial charge in [0.25, 0.3) is 0 Å². The molecule has 0 spiro atoms. The number of halogens is 1. The zero-order valence-electron chi connectivity index (χ0n) is 10.2. The minimum absolute atomic E-state index is 0.422. The van der Waals surface area contributed by atoms with Gasteiger partial charge in [0.1, 0.15) is 0 Å². The van der Waals surface area contributed by atoms with Gasteiger partial charge >= 0.3 is 0 Å². The number of rotatable bonds is 2. The Morgan fingerprint density at radius 1 is 1.05 bits per heavy atom. The fraction of sp³-hybridized carbons (Fsp3) is 0.0625. The van der Waals surface area contributed by atoms with Gasteiger partial charge in [-0.25, -0.2) is 0 Å². The van der Waals surface area contributed by atoms with Crippen LogP contribution < -0.4 is 5.73 Å². The highest BCUT2D eigenvalue weighted by molar-refractivity contribution is 9.10. The Kier molecular flexibility index (Phi) is 4.38. The lowest BCUT2D eigenvalue weighted by atomic mass is 10.1. The SMILES string of the molecule is NC(=O)c1ccc(C#CCc2ccc(Br)cc2)cc1. The molecule has 94 valence electrons. The van der Waals surface area contributed by atoms with E-state index >= 15 is 0 Å². The highest BCUT2D eigenvalue weighted by Crippen LogP contribution is 2.10. The Morgan fingerprint density at radius 2 is 1.68 bits per heavy atom. The van der Waals surface area contributed by atoms with Crippen molar-refractivity contribution in [1.29, 1.82) is 0 Å². The Balaban J connectivity index is 2.03. The van der Waals surface area contributed by atoms with E-state index in [1.807, 2.05) is 24.3 Å². The Labute approximate surface area is 120 Å². The summed E-state index contributed by atoms with van der Waals surface area (Å²) in [5, 5.41) is 0. The third kappa shape index (κ3) is 3.97. The van der Waals surface area contributed by atoms with Crippen LogP contribution in [0, 0.1) is 11.8 Å². The van der Waals surface area contributed by atoms with Crippen molar-refractivity contribution < 1.29 is 4.79 Å². The van der Waals surface area contributed by atoms with Crippen molar-refractivity contribution in [3.63, 3.8) is 0 Å². The van der Waals surface area contributed by atoms with Gasteiger partial charge in [-0.1, -0.05) is 39.9 Å². The topological polar surface area (TPSA) is 43.1 Å². The second-order valence-corrected chi connectivity index (χ2v) is 4.96. The molecule has 0 radical (unpaired) electrons. The summed E-state index contributed by atoms with van der Waals surface area (Å²) < 4.78 is 1.06. The number of carbonyl (C=O) groups is 1. The molecule has 1 amide bonds. The van der Waals surface area contributed by atoms with Crippen LogP contribution in [0.15, 0.2) is 53.0 Å². The summed E-state index contributed by atoms with van der Waals surface area (Å²) in [7, 11) is 0. The van der Waals surface area contributed by atoms with Crippen LogP contribution in [-0.4, -0.2) is 5.91 Å². The molecule has 0 aliphatic heterocycles. The predicted molar refractivity (Wildman–Crippen MR) is 79.7 cm³/mol. The smallest absolute Gasteiger partial charge is 0.248 e. The molecule has 2 nitrogen and oxygen atoms in total. The molecule has 0 heterocycles. The maximum absolute atomic E-state index is 10.9. The molecule has 0 atom stereocenters. The van der Waals surface area contributed by atoms with E-state index in [0.717, 1.165) is 10.0 Å². The first-order valence-electron chi connectivity index (χ1n) is 5.78. The van der Waals surface area contributed by atoms with Crippen molar-refractivity contribution in [3.8, 4) is 11.8 Å².